The Morgan fingerprint density at radius 1 is 1.48 bits per heavy atom. The van der Waals surface area contributed by atoms with Crippen LogP contribution in [-0.2, 0) is 17.9 Å². The molecular formula is C11H14N6O2S2. The maximum atomic E-state index is 11.6. The highest BCUT2D eigenvalue weighted by Gasteiger charge is 2.11. The number of nitrogens with one attached hydrogen (secondary N) is 2. The summed E-state index contributed by atoms with van der Waals surface area (Å²) in [6.07, 6.45) is 0. The normalized spacial score (nSPS) is 10.3. The lowest BCUT2D eigenvalue weighted by Gasteiger charge is -2.05. The van der Waals surface area contributed by atoms with Crippen molar-refractivity contribution < 1.29 is 9.59 Å². The smallest absolute Gasteiger partial charge is 0.321 e. The Bertz CT molecular complexity index is 598. The van der Waals surface area contributed by atoms with Crippen LogP contribution in [0, 0.1) is 0 Å². The Kier molecular flexibility index (Phi) is 5.69. The number of carbonyl (C=O) groups excluding carboxylic acids is 2. The van der Waals surface area contributed by atoms with E-state index in [9.17, 15) is 9.59 Å². The van der Waals surface area contributed by atoms with Gasteiger partial charge in [-0.1, -0.05) is 17.8 Å². The van der Waals surface area contributed by atoms with E-state index in [-0.39, 0.29) is 5.75 Å². The van der Waals surface area contributed by atoms with E-state index in [1.165, 1.54) is 23.1 Å². The van der Waals surface area contributed by atoms with Crippen molar-refractivity contribution in [3.63, 3.8) is 0 Å². The molecule has 0 bridgehead atoms. The number of rotatable bonds is 6. The number of amides is 3. The van der Waals surface area contributed by atoms with Crippen molar-refractivity contribution >= 4 is 35.0 Å². The average molecular weight is 326 g/mol. The van der Waals surface area contributed by atoms with Gasteiger partial charge in [0.05, 0.1) is 12.3 Å². The number of thiophene rings is 1. The molecule has 0 radical (unpaired) electrons. The maximum Gasteiger partial charge on any atom is 0.321 e. The van der Waals surface area contributed by atoms with Gasteiger partial charge in [-0.05, 0) is 28.8 Å². The van der Waals surface area contributed by atoms with Gasteiger partial charge in [0.1, 0.15) is 0 Å². The molecule has 0 aromatic carbocycles. The molecule has 2 aromatic rings. The van der Waals surface area contributed by atoms with Crippen LogP contribution in [0.3, 0.4) is 0 Å². The van der Waals surface area contributed by atoms with Crippen LogP contribution in [0.2, 0.25) is 0 Å². The number of urea groups is 1. The molecule has 0 saturated carbocycles. The molecule has 2 heterocycles. The number of hydrogen-bond donors (Lipinski definition) is 2. The minimum atomic E-state index is -0.510. The minimum absolute atomic E-state index is 0.0762. The quantitative estimate of drug-likeness (QED) is 0.764. The van der Waals surface area contributed by atoms with Crippen molar-refractivity contribution in [1.29, 1.82) is 0 Å². The molecule has 0 fully saturated rings. The summed E-state index contributed by atoms with van der Waals surface area (Å²) in [5.74, 6) is -0.318. The molecule has 3 amide bonds. The number of thioether (sulfide) groups is 1. The zero-order chi connectivity index (χ0) is 15.1. The first-order valence-corrected chi connectivity index (χ1v) is 8.04. The van der Waals surface area contributed by atoms with Crippen LogP contribution in [0.4, 0.5) is 4.79 Å². The number of carbonyl (C=O) groups is 2. The third-order valence-electron chi connectivity index (χ3n) is 2.39. The molecule has 112 valence electrons. The van der Waals surface area contributed by atoms with E-state index in [0.29, 0.717) is 18.2 Å². The van der Waals surface area contributed by atoms with Crippen molar-refractivity contribution in [3.8, 4) is 0 Å². The first-order valence-electron chi connectivity index (χ1n) is 6.18. The molecule has 0 unspecified atom stereocenters. The lowest BCUT2D eigenvalue weighted by molar-refractivity contribution is -0.117. The van der Waals surface area contributed by atoms with Gasteiger partial charge >= 0.3 is 6.03 Å². The lowest BCUT2D eigenvalue weighted by atomic mass is 10.5. The van der Waals surface area contributed by atoms with Crippen LogP contribution in [0.15, 0.2) is 22.7 Å². The maximum absolute atomic E-state index is 11.6. The third-order valence-corrected chi connectivity index (χ3v) is 4.22. The topological polar surface area (TPSA) is 102 Å². The van der Waals surface area contributed by atoms with Gasteiger partial charge < -0.3 is 5.32 Å². The van der Waals surface area contributed by atoms with Crippen molar-refractivity contribution in [1.82, 2.24) is 30.8 Å². The average Bonchev–Trinajstić information content (AvgIpc) is 3.13. The van der Waals surface area contributed by atoms with E-state index in [4.69, 9.17) is 0 Å². The first-order chi connectivity index (χ1) is 10.2. The molecule has 2 rings (SSSR count). The fourth-order valence-electron chi connectivity index (χ4n) is 1.42. The molecule has 0 atom stereocenters. The molecule has 0 aliphatic heterocycles. The number of aromatic nitrogens is 4. The van der Waals surface area contributed by atoms with Crippen LogP contribution < -0.4 is 10.6 Å². The van der Waals surface area contributed by atoms with Gasteiger partial charge in [-0.15, -0.1) is 16.4 Å². The molecule has 2 N–H and O–H groups in total. The first kappa shape index (κ1) is 15.4. The Balaban J connectivity index is 1.70. The Hall–Kier alpha value is -1.94. The molecule has 2 aromatic heterocycles. The predicted octanol–water partition coefficient (Wildman–Crippen LogP) is 0.873. The fraction of sp³-hybridized carbons (Fsp3) is 0.364. The number of nitrogens with zero attached hydrogens (tertiary/aromatic N) is 4. The fourth-order valence-corrected chi connectivity index (χ4v) is 2.80. The monoisotopic (exact) mass is 326 g/mol. The Morgan fingerprint density at radius 2 is 2.33 bits per heavy atom. The summed E-state index contributed by atoms with van der Waals surface area (Å²) in [6.45, 7) is 2.93. The van der Waals surface area contributed by atoms with Gasteiger partial charge in [0, 0.05) is 11.4 Å². The lowest BCUT2D eigenvalue weighted by Crippen LogP contribution is -2.39. The summed E-state index contributed by atoms with van der Waals surface area (Å²) in [7, 11) is 0. The van der Waals surface area contributed by atoms with E-state index >= 15 is 0 Å². The van der Waals surface area contributed by atoms with Crippen molar-refractivity contribution in [2.24, 2.45) is 0 Å². The summed E-state index contributed by atoms with van der Waals surface area (Å²) < 4.78 is 1.58. The molecule has 8 nitrogen and oxygen atoms in total. The van der Waals surface area contributed by atoms with E-state index < -0.39 is 11.9 Å². The highest BCUT2D eigenvalue weighted by atomic mass is 32.2. The largest absolute Gasteiger partial charge is 0.333 e. The van der Waals surface area contributed by atoms with Gasteiger partial charge in [0.25, 0.3) is 0 Å². The summed E-state index contributed by atoms with van der Waals surface area (Å²) in [4.78, 5) is 24.2. The Labute approximate surface area is 129 Å². The number of tetrazole rings is 1. The minimum Gasteiger partial charge on any atom is -0.333 e. The molecule has 21 heavy (non-hydrogen) atoms. The zero-order valence-corrected chi connectivity index (χ0v) is 12.9. The second-order valence-electron chi connectivity index (χ2n) is 3.88. The summed E-state index contributed by atoms with van der Waals surface area (Å²) >= 11 is 2.72. The molecular weight excluding hydrogens is 312 g/mol. The van der Waals surface area contributed by atoms with Crippen LogP contribution in [0.1, 0.15) is 11.8 Å². The van der Waals surface area contributed by atoms with Gasteiger partial charge in [-0.2, -0.15) is 0 Å². The second kappa shape index (κ2) is 7.74. The van der Waals surface area contributed by atoms with Crippen LogP contribution in [0.5, 0.6) is 0 Å². The molecule has 10 heteroatoms. The van der Waals surface area contributed by atoms with Crippen LogP contribution in [0.25, 0.3) is 0 Å². The van der Waals surface area contributed by atoms with E-state index in [1.807, 2.05) is 24.4 Å². The summed E-state index contributed by atoms with van der Waals surface area (Å²) in [5, 5.41) is 18.4. The number of imide groups is 1. The van der Waals surface area contributed by atoms with Crippen molar-refractivity contribution in [3.05, 3.63) is 22.4 Å². The Morgan fingerprint density at radius 3 is 3.05 bits per heavy atom. The molecule has 0 aliphatic rings. The summed E-state index contributed by atoms with van der Waals surface area (Å²) in [5.41, 5.74) is 0. The third kappa shape index (κ3) is 4.83. The SMILES string of the molecule is CCn1nnnc1SCC(=O)NC(=O)NCc1cccs1. The van der Waals surface area contributed by atoms with Gasteiger partial charge in [0.15, 0.2) is 0 Å². The van der Waals surface area contributed by atoms with Crippen molar-refractivity contribution in [2.45, 2.75) is 25.2 Å². The number of hydrogen-bond acceptors (Lipinski definition) is 7. The van der Waals surface area contributed by atoms with Gasteiger partial charge in [-0.3, -0.25) is 10.1 Å². The predicted molar refractivity (Wildman–Crippen MR) is 78.9 cm³/mol. The van der Waals surface area contributed by atoms with E-state index in [1.54, 1.807) is 4.68 Å². The van der Waals surface area contributed by atoms with Gasteiger partial charge in [-0.25, -0.2) is 9.48 Å². The molecule has 0 spiro atoms. The molecule has 0 saturated heterocycles. The highest BCUT2D eigenvalue weighted by Crippen LogP contribution is 2.12. The highest BCUT2D eigenvalue weighted by molar-refractivity contribution is 7.99. The van der Waals surface area contributed by atoms with Gasteiger partial charge in [0.2, 0.25) is 11.1 Å². The zero-order valence-electron chi connectivity index (χ0n) is 11.3. The standard InChI is InChI=1S/C11H14N6O2S2/c1-2-17-11(14-15-16-17)21-7-9(18)13-10(19)12-6-8-4-3-5-20-8/h3-5H,2,6-7H2,1H3,(H2,12,13,18,19). The van der Waals surface area contributed by atoms with Crippen LogP contribution >= 0.6 is 23.1 Å². The van der Waals surface area contributed by atoms with E-state index in [0.717, 1.165) is 4.88 Å². The summed E-state index contributed by atoms with van der Waals surface area (Å²) in [6, 6.07) is 3.30. The second-order valence-corrected chi connectivity index (χ2v) is 5.85. The van der Waals surface area contributed by atoms with Crippen molar-refractivity contribution in [2.75, 3.05) is 5.75 Å². The molecule has 0 aliphatic carbocycles. The number of aryl methyl sites for hydroxylation is 1. The van der Waals surface area contributed by atoms with Crippen LogP contribution in [-0.4, -0.2) is 37.9 Å². The van der Waals surface area contributed by atoms with E-state index in [2.05, 4.69) is 26.2 Å².